The predicted octanol–water partition coefficient (Wildman–Crippen LogP) is 10.6. The van der Waals surface area contributed by atoms with Crippen LogP contribution in [-0.2, 0) is 0 Å². The number of benzene rings is 7. The molecule has 2 unspecified atom stereocenters. The first-order valence-electron chi connectivity index (χ1n) is 17.4. The minimum Gasteiger partial charge on any atom is -0.454 e. The van der Waals surface area contributed by atoms with Crippen LogP contribution in [0.15, 0.2) is 173 Å². The molecule has 2 atom stereocenters. The average Bonchev–Trinajstić information content (AvgIpc) is 3.86. The number of hydrogen-bond acceptors (Lipinski definition) is 4. The van der Waals surface area contributed by atoms with Crippen LogP contribution < -0.4 is 10.6 Å². The van der Waals surface area contributed by atoms with E-state index in [0.29, 0.717) is 0 Å². The van der Waals surface area contributed by atoms with E-state index in [1.54, 1.807) is 0 Å². The van der Waals surface area contributed by atoms with Crippen molar-refractivity contribution in [2.24, 2.45) is 4.99 Å². The molecular weight excluding hydrogens is 627 g/mol. The second-order valence-electron chi connectivity index (χ2n) is 13.2. The summed E-state index contributed by atoms with van der Waals surface area (Å²) in [6.07, 6.45) is -0.538. The van der Waals surface area contributed by atoms with E-state index in [2.05, 4.69) is 171 Å². The van der Waals surface area contributed by atoms with Crippen LogP contribution in [0.25, 0.3) is 71.2 Å². The number of aliphatic imine (C=N–C) groups is 1. The van der Waals surface area contributed by atoms with Crippen LogP contribution >= 0.6 is 0 Å². The number of fused-ring (bicyclic) bond motifs is 11. The lowest BCUT2D eigenvalue weighted by Gasteiger charge is -2.33. The fourth-order valence-electron chi connectivity index (χ4n) is 8.18. The monoisotopic (exact) mass is 657 g/mol. The van der Waals surface area contributed by atoms with Gasteiger partial charge in [-0.1, -0.05) is 127 Å². The maximum Gasteiger partial charge on any atom is 0.184 e. The number of amidine groups is 1. The number of furan rings is 1. The van der Waals surface area contributed by atoms with Gasteiger partial charge in [0.05, 0.1) is 22.1 Å². The Bertz CT molecular complexity index is 2970. The highest BCUT2D eigenvalue weighted by atomic mass is 16.3. The summed E-state index contributed by atoms with van der Waals surface area (Å²) in [5, 5.41) is 14.5. The number of rotatable bonds is 4. The van der Waals surface area contributed by atoms with Gasteiger partial charge in [0.25, 0.3) is 0 Å². The van der Waals surface area contributed by atoms with Crippen molar-refractivity contribution in [3.05, 3.63) is 175 Å². The van der Waals surface area contributed by atoms with E-state index < -0.39 is 0 Å². The highest BCUT2D eigenvalue weighted by Crippen LogP contribution is 2.45. The Hall–Kier alpha value is -6.63. The van der Waals surface area contributed by atoms with E-state index in [9.17, 15) is 0 Å². The van der Waals surface area contributed by atoms with Crippen molar-refractivity contribution < 1.29 is 4.42 Å². The van der Waals surface area contributed by atoms with Gasteiger partial charge < -0.3 is 18.9 Å². The Morgan fingerprint density at radius 1 is 0.529 bits per heavy atom. The van der Waals surface area contributed by atoms with Crippen molar-refractivity contribution >= 4 is 71.4 Å². The molecule has 4 heterocycles. The molecule has 2 N–H and O–H groups in total. The maximum absolute atomic E-state index is 6.70. The molecule has 6 heteroatoms. The van der Waals surface area contributed by atoms with Crippen LogP contribution in [-0.4, -0.2) is 15.0 Å². The molecule has 0 spiro atoms. The summed E-state index contributed by atoms with van der Waals surface area (Å²) in [6, 6.07) is 57.7. The third-order valence-electron chi connectivity index (χ3n) is 10.4. The van der Waals surface area contributed by atoms with Gasteiger partial charge in [-0.3, -0.25) is 5.32 Å². The largest absolute Gasteiger partial charge is 0.454 e. The van der Waals surface area contributed by atoms with E-state index >= 15 is 0 Å². The molecule has 51 heavy (non-hydrogen) atoms. The molecule has 0 amide bonds. The first-order chi connectivity index (χ1) is 25.3. The number of hydrogen-bond donors (Lipinski definition) is 2. The molecule has 3 aromatic heterocycles. The minimum atomic E-state index is -0.386. The molecule has 6 nitrogen and oxygen atoms in total. The normalized spacial score (nSPS) is 16.4. The van der Waals surface area contributed by atoms with Gasteiger partial charge in [-0.05, 0) is 42.0 Å². The first-order valence-corrected chi connectivity index (χ1v) is 17.4. The second kappa shape index (κ2) is 10.9. The fourth-order valence-corrected chi connectivity index (χ4v) is 8.18. The quantitative estimate of drug-likeness (QED) is 0.198. The average molecular weight is 658 g/mol. The molecular formula is C45H31N5O. The SMILES string of the molecule is c1ccc(C2=NC(n3c4ccccc4c4c5c(ccc43)c3ccc4c6ccccc6oc4c3n5-c3ccccc3)NC(c3ccccc3)N2)cc1. The van der Waals surface area contributed by atoms with E-state index in [-0.39, 0.29) is 12.5 Å². The van der Waals surface area contributed by atoms with Crippen molar-refractivity contribution in [3.63, 3.8) is 0 Å². The Balaban J connectivity index is 1.25. The third kappa shape index (κ3) is 4.17. The first kappa shape index (κ1) is 28.2. The molecule has 10 aromatic rings. The van der Waals surface area contributed by atoms with Crippen LogP contribution in [0, 0.1) is 0 Å². The number of nitrogens with one attached hydrogen (secondary N) is 2. The zero-order chi connectivity index (χ0) is 33.5. The minimum absolute atomic E-state index is 0.152. The van der Waals surface area contributed by atoms with Crippen molar-refractivity contribution in [3.8, 4) is 5.69 Å². The molecule has 242 valence electrons. The zero-order valence-corrected chi connectivity index (χ0v) is 27.5. The molecule has 1 aliphatic rings. The van der Waals surface area contributed by atoms with Crippen LogP contribution in [0.1, 0.15) is 23.6 Å². The predicted molar refractivity (Wildman–Crippen MR) is 209 cm³/mol. The van der Waals surface area contributed by atoms with E-state index in [1.165, 1.54) is 16.2 Å². The lowest BCUT2D eigenvalue weighted by Crippen LogP contribution is -2.46. The Morgan fingerprint density at radius 2 is 1.18 bits per heavy atom. The van der Waals surface area contributed by atoms with Gasteiger partial charge in [-0.15, -0.1) is 0 Å². The summed E-state index contributed by atoms with van der Waals surface area (Å²) in [7, 11) is 0. The van der Waals surface area contributed by atoms with Crippen LogP contribution in [0.3, 0.4) is 0 Å². The van der Waals surface area contributed by atoms with Gasteiger partial charge in [0.15, 0.2) is 11.9 Å². The number of nitrogens with zero attached hydrogens (tertiary/aromatic N) is 3. The smallest absolute Gasteiger partial charge is 0.184 e. The van der Waals surface area contributed by atoms with Gasteiger partial charge in [0, 0.05) is 43.6 Å². The molecule has 0 bridgehead atoms. The van der Waals surface area contributed by atoms with Gasteiger partial charge in [0.1, 0.15) is 17.6 Å². The van der Waals surface area contributed by atoms with Crippen molar-refractivity contribution in [2.45, 2.75) is 12.5 Å². The molecule has 0 saturated heterocycles. The molecule has 0 saturated carbocycles. The molecule has 0 radical (unpaired) electrons. The highest BCUT2D eigenvalue weighted by molar-refractivity contribution is 6.29. The standard InChI is InChI=1S/C45H31N5O/c1-4-14-28(15-5-1)43-46-44(29-16-6-2-7-17-29)48-45(47-43)50-36-22-12-10-21-35(36)39-37(50)27-26-32-33-24-25-34-31-20-11-13-23-38(31)51-42(34)41(33)49(40(32)39)30-18-8-3-9-19-30/h1-27,43,45,47H,(H,46,48). The molecule has 7 aromatic carbocycles. The molecule has 11 rings (SSSR count). The number of aromatic nitrogens is 2. The van der Waals surface area contributed by atoms with Gasteiger partial charge >= 0.3 is 0 Å². The number of para-hydroxylation sites is 3. The maximum atomic E-state index is 6.70. The Morgan fingerprint density at radius 3 is 2.00 bits per heavy atom. The van der Waals surface area contributed by atoms with Gasteiger partial charge in [0.2, 0.25) is 0 Å². The third-order valence-corrected chi connectivity index (χ3v) is 10.4. The summed E-state index contributed by atoms with van der Waals surface area (Å²) in [5.41, 5.74) is 9.51. The highest BCUT2D eigenvalue weighted by Gasteiger charge is 2.29. The van der Waals surface area contributed by atoms with Crippen molar-refractivity contribution in [1.82, 2.24) is 19.8 Å². The lowest BCUT2D eigenvalue weighted by atomic mass is 10.1. The van der Waals surface area contributed by atoms with Gasteiger partial charge in [-0.2, -0.15) is 0 Å². The van der Waals surface area contributed by atoms with Crippen LogP contribution in [0.5, 0.6) is 0 Å². The Kier molecular flexibility index (Phi) is 6.05. The van der Waals surface area contributed by atoms with Crippen molar-refractivity contribution in [1.29, 1.82) is 0 Å². The molecule has 0 aliphatic carbocycles. The summed E-state index contributed by atoms with van der Waals surface area (Å²) >= 11 is 0. The van der Waals surface area contributed by atoms with Crippen LogP contribution in [0.2, 0.25) is 0 Å². The molecule has 1 aliphatic heterocycles. The summed E-state index contributed by atoms with van der Waals surface area (Å²) in [5.74, 6) is 0.853. The van der Waals surface area contributed by atoms with Gasteiger partial charge in [-0.25, -0.2) is 4.99 Å². The fraction of sp³-hybridized carbons (Fsp3) is 0.0444. The van der Waals surface area contributed by atoms with E-state index in [4.69, 9.17) is 9.41 Å². The summed E-state index contributed by atoms with van der Waals surface area (Å²) in [6.45, 7) is 0. The van der Waals surface area contributed by atoms with Crippen molar-refractivity contribution in [2.75, 3.05) is 0 Å². The van der Waals surface area contributed by atoms with Crippen LogP contribution in [0.4, 0.5) is 0 Å². The van der Waals surface area contributed by atoms with E-state index in [0.717, 1.165) is 72.0 Å². The summed E-state index contributed by atoms with van der Waals surface area (Å²) < 4.78 is 11.5. The zero-order valence-electron chi connectivity index (χ0n) is 27.5. The lowest BCUT2D eigenvalue weighted by molar-refractivity contribution is 0.341. The van der Waals surface area contributed by atoms with E-state index in [1.807, 2.05) is 12.1 Å². The second-order valence-corrected chi connectivity index (χ2v) is 13.2. The molecule has 0 fully saturated rings. The topological polar surface area (TPSA) is 59.4 Å². The Labute approximate surface area is 292 Å². The summed E-state index contributed by atoms with van der Waals surface area (Å²) in [4.78, 5) is 5.37.